The first kappa shape index (κ1) is 15.7. The Morgan fingerprint density at radius 2 is 2.04 bits per heavy atom. The lowest BCUT2D eigenvalue weighted by molar-refractivity contribution is 0.110. The average molecular weight is 316 g/mol. The van der Waals surface area contributed by atoms with Gasteiger partial charge in [0.1, 0.15) is 6.10 Å². The largest absolute Gasteiger partial charge is 0.473 e. The lowest BCUT2D eigenvalue weighted by Crippen LogP contribution is -2.35. The van der Waals surface area contributed by atoms with Crippen molar-refractivity contribution in [3.05, 3.63) is 24.2 Å². The standard InChI is InChI=1S/C16H24N6O/c1-11(2)13-8-14(21-20-13)18-15-9-17-10-16(19-15)23-12-4-6-22(3)7-5-12/h8-12H,4-7H2,1-3H3,(H2,18,19,20,21). The minimum Gasteiger partial charge on any atom is -0.473 e. The van der Waals surface area contributed by atoms with E-state index in [0.717, 1.165) is 37.4 Å². The van der Waals surface area contributed by atoms with Gasteiger partial charge in [0.05, 0.1) is 12.4 Å². The Kier molecular flexibility index (Phi) is 4.76. The Labute approximate surface area is 136 Å². The number of rotatable bonds is 5. The predicted molar refractivity (Wildman–Crippen MR) is 89.1 cm³/mol. The van der Waals surface area contributed by atoms with Gasteiger partial charge in [-0.05, 0) is 25.8 Å². The first-order valence-corrected chi connectivity index (χ1v) is 8.09. The van der Waals surface area contributed by atoms with Gasteiger partial charge >= 0.3 is 0 Å². The summed E-state index contributed by atoms with van der Waals surface area (Å²) in [6.45, 7) is 6.35. The highest BCUT2D eigenvalue weighted by atomic mass is 16.5. The Bertz CT molecular complexity index is 633. The molecule has 3 heterocycles. The first-order valence-electron chi connectivity index (χ1n) is 8.09. The van der Waals surface area contributed by atoms with Crippen LogP contribution in [0.15, 0.2) is 18.5 Å². The molecule has 0 amide bonds. The van der Waals surface area contributed by atoms with E-state index in [-0.39, 0.29) is 6.10 Å². The van der Waals surface area contributed by atoms with Crippen molar-refractivity contribution in [2.75, 3.05) is 25.5 Å². The van der Waals surface area contributed by atoms with Crippen LogP contribution in [-0.4, -0.2) is 51.3 Å². The fraction of sp³-hybridized carbons (Fsp3) is 0.562. The van der Waals surface area contributed by atoms with Gasteiger partial charge in [-0.3, -0.25) is 10.1 Å². The van der Waals surface area contributed by atoms with Gasteiger partial charge in [0.15, 0.2) is 11.6 Å². The van der Waals surface area contributed by atoms with E-state index >= 15 is 0 Å². The molecule has 0 radical (unpaired) electrons. The van der Waals surface area contributed by atoms with Crippen LogP contribution in [0.4, 0.5) is 11.6 Å². The molecular weight excluding hydrogens is 292 g/mol. The highest BCUT2D eigenvalue weighted by molar-refractivity contribution is 5.51. The van der Waals surface area contributed by atoms with Crippen LogP contribution in [0.25, 0.3) is 0 Å². The number of nitrogens with zero attached hydrogens (tertiary/aromatic N) is 4. The fourth-order valence-corrected chi connectivity index (χ4v) is 2.57. The SMILES string of the molecule is CC(C)c1cc(Nc2cncc(OC3CCN(C)CC3)n2)n[nH]1. The summed E-state index contributed by atoms with van der Waals surface area (Å²) in [4.78, 5) is 11.0. The molecule has 2 aromatic rings. The summed E-state index contributed by atoms with van der Waals surface area (Å²) in [5, 5.41) is 10.4. The molecule has 0 saturated carbocycles. The molecule has 7 heteroatoms. The number of aromatic nitrogens is 4. The van der Waals surface area contributed by atoms with Crippen molar-refractivity contribution >= 4 is 11.6 Å². The number of likely N-dealkylation sites (tertiary alicyclic amines) is 1. The molecular formula is C16H24N6O. The summed E-state index contributed by atoms with van der Waals surface area (Å²) < 4.78 is 5.96. The summed E-state index contributed by atoms with van der Waals surface area (Å²) in [6, 6.07) is 1.98. The number of piperidine rings is 1. The number of H-pyrrole nitrogens is 1. The molecule has 23 heavy (non-hydrogen) atoms. The second-order valence-electron chi connectivity index (χ2n) is 6.35. The lowest BCUT2D eigenvalue weighted by atomic mass is 10.1. The van der Waals surface area contributed by atoms with Crippen molar-refractivity contribution in [1.82, 2.24) is 25.1 Å². The maximum atomic E-state index is 5.96. The Morgan fingerprint density at radius 3 is 2.74 bits per heavy atom. The highest BCUT2D eigenvalue weighted by Crippen LogP contribution is 2.20. The minimum atomic E-state index is 0.216. The van der Waals surface area contributed by atoms with Gasteiger partial charge in [-0.2, -0.15) is 10.1 Å². The number of ether oxygens (including phenoxy) is 1. The molecule has 0 atom stereocenters. The Morgan fingerprint density at radius 1 is 1.26 bits per heavy atom. The van der Waals surface area contributed by atoms with Crippen LogP contribution in [-0.2, 0) is 0 Å². The van der Waals surface area contributed by atoms with Crippen molar-refractivity contribution in [2.45, 2.75) is 38.7 Å². The molecule has 2 N–H and O–H groups in total. The summed E-state index contributed by atoms with van der Waals surface area (Å²) in [7, 11) is 2.13. The molecule has 0 aliphatic carbocycles. The third kappa shape index (κ3) is 4.19. The van der Waals surface area contributed by atoms with Crippen LogP contribution in [0.1, 0.15) is 38.3 Å². The third-order valence-electron chi connectivity index (χ3n) is 4.04. The first-order chi connectivity index (χ1) is 11.1. The Balaban J connectivity index is 1.62. The summed E-state index contributed by atoms with van der Waals surface area (Å²) in [5.41, 5.74) is 1.08. The average Bonchev–Trinajstić information content (AvgIpc) is 2.99. The zero-order valence-electron chi connectivity index (χ0n) is 13.9. The summed E-state index contributed by atoms with van der Waals surface area (Å²) in [5.74, 6) is 2.34. The molecule has 3 rings (SSSR count). The van der Waals surface area contributed by atoms with Crippen molar-refractivity contribution in [2.24, 2.45) is 0 Å². The molecule has 7 nitrogen and oxygen atoms in total. The third-order valence-corrected chi connectivity index (χ3v) is 4.04. The van der Waals surface area contributed by atoms with Gasteiger partial charge in [0.2, 0.25) is 5.88 Å². The molecule has 1 saturated heterocycles. The van der Waals surface area contributed by atoms with Crippen LogP contribution >= 0.6 is 0 Å². The minimum absolute atomic E-state index is 0.216. The number of aromatic amines is 1. The second-order valence-corrected chi connectivity index (χ2v) is 6.35. The van der Waals surface area contributed by atoms with Gasteiger partial charge < -0.3 is 15.0 Å². The second kappa shape index (κ2) is 6.95. The van der Waals surface area contributed by atoms with Gasteiger partial charge in [0, 0.05) is 24.8 Å². The van der Waals surface area contributed by atoms with Crippen LogP contribution in [0.5, 0.6) is 5.88 Å². The number of anilines is 2. The number of nitrogens with one attached hydrogen (secondary N) is 2. The van der Waals surface area contributed by atoms with Crippen molar-refractivity contribution in [3.8, 4) is 5.88 Å². The van der Waals surface area contributed by atoms with Crippen LogP contribution < -0.4 is 10.1 Å². The van der Waals surface area contributed by atoms with Crippen LogP contribution in [0.3, 0.4) is 0 Å². The van der Waals surface area contributed by atoms with Crippen molar-refractivity contribution < 1.29 is 4.74 Å². The molecule has 1 aliphatic heterocycles. The lowest BCUT2D eigenvalue weighted by Gasteiger charge is -2.28. The molecule has 2 aromatic heterocycles. The van der Waals surface area contributed by atoms with Gasteiger partial charge in [0.25, 0.3) is 0 Å². The molecule has 0 unspecified atom stereocenters. The van der Waals surface area contributed by atoms with Gasteiger partial charge in [-0.15, -0.1) is 0 Å². The van der Waals surface area contributed by atoms with E-state index in [9.17, 15) is 0 Å². The normalized spacial score (nSPS) is 16.7. The van der Waals surface area contributed by atoms with E-state index < -0.39 is 0 Å². The molecule has 124 valence electrons. The number of hydrogen-bond acceptors (Lipinski definition) is 6. The van der Waals surface area contributed by atoms with E-state index in [2.05, 4.69) is 51.3 Å². The number of hydrogen-bond donors (Lipinski definition) is 2. The zero-order chi connectivity index (χ0) is 16.2. The zero-order valence-corrected chi connectivity index (χ0v) is 13.9. The Hall–Kier alpha value is -2.15. The molecule has 0 spiro atoms. The van der Waals surface area contributed by atoms with Gasteiger partial charge in [-0.1, -0.05) is 13.8 Å². The summed E-state index contributed by atoms with van der Waals surface area (Å²) >= 11 is 0. The molecule has 1 fully saturated rings. The summed E-state index contributed by atoms with van der Waals surface area (Å²) in [6.07, 6.45) is 5.59. The quantitative estimate of drug-likeness (QED) is 0.882. The maximum absolute atomic E-state index is 5.96. The maximum Gasteiger partial charge on any atom is 0.234 e. The molecule has 0 bridgehead atoms. The van der Waals surface area contributed by atoms with E-state index in [0.29, 0.717) is 17.6 Å². The van der Waals surface area contributed by atoms with Crippen molar-refractivity contribution in [3.63, 3.8) is 0 Å². The highest BCUT2D eigenvalue weighted by Gasteiger charge is 2.18. The van der Waals surface area contributed by atoms with E-state index in [4.69, 9.17) is 4.74 Å². The van der Waals surface area contributed by atoms with E-state index in [1.807, 2.05) is 6.07 Å². The predicted octanol–water partition coefficient (Wildman–Crippen LogP) is 2.54. The smallest absolute Gasteiger partial charge is 0.234 e. The van der Waals surface area contributed by atoms with Crippen molar-refractivity contribution in [1.29, 1.82) is 0 Å². The van der Waals surface area contributed by atoms with E-state index in [1.165, 1.54) is 0 Å². The molecule has 0 aromatic carbocycles. The van der Waals surface area contributed by atoms with Crippen LogP contribution in [0.2, 0.25) is 0 Å². The monoisotopic (exact) mass is 316 g/mol. The topological polar surface area (TPSA) is 79.0 Å². The van der Waals surface area contributed by atoms with E-state index in [1.54, 1.807) is 12.4 Å². The van der Waals surface area contributed by atoms with Gasteiger partial charge in [-0.25, -0.2) is 0 Å². The molecule has 1 aliphatic rings. The fourth-order valence-electron chi connectivity index (χ4n) is 2.57. The van der Waals surface area contributed by atoms with Crippen LogP contribution in [0, 0.1) is 0 Å².